The van der Waals surface area contributed by atoms with Crippen LogP contribution in [0, 0.1) is 5.92 Å². The van der Waals surface area contributed by atoms with Crippen LogP contribution in [0.2, 0.25) is 0 Å². The first kappa shape index (κ1) is 23.6. The molecule has 3 aliphatic rings. The Balaban J connectivity index is 1.35. The van der Waals surface area contributed by atoms with E-state index in [-0.39, 0.29) is 11.8 Å². The van der Waals surface area contributed by atoms with E-state index >= 15 is 0 Å². The lowest BCUT2D eigenvalue weighted by molar-refractivity contribution is 0.0712. The van der Waals surface area contributed by atoms with E-state index in [1.54, 1.807) is 0 Å². The minimum Gasteiger partial charge on any atom is -0.426 e. The molecule has 1 unspecified atom stereocenters. The number of nitrogens with zero attached hydrogens (tertiary/aromatic N) is 1. The van der Waals surface area contributed by atoms with Crippen LogP contribution in [-0.2, 0) is 18.4 Å². The van der Waals surface area contributed by atoms with Crippen molar-refractivity contribution in [2.24, 2.45) is 11.7 Å². The van der Waals surface area contributed by atoms with E-state index in [0.717, 1.165) is 68.3 Å². The molecule has 2 aromatic carbocycles. The molecule has 5 N–H and O–H groups in total. The van der Waals surface area contributed by atoms with Gasteiger partial charge in [-0.25, -0.2) is 0 Å². The Bertz CT molecular complexity index is 1030. The fourth-order valence-corrected chi connectivity index (χ4v) is 6.62. The molecule has 1 atom stereocenters. The zero-order chi connectivity index (χ0) is 23.7. The molecule has 0 radical (unpaired) electrons. The van der Waals surface area contributed by atoms with E-state index in [1.165, 1.54) is 5.56 Å². The molecule has 2 heterocycles. The lowest BCUT2D eigenvalue weighted by Gasteiger charge is -2.43. The van der Waals surface area contributed by atoms with Gasteiger partial charge in [-0.05, 0) is 59.1 Å². The summed E-state index contributed by atoms with van der Waals surface area (Å²) in [5, 5.41) is 23.9. The summed E-state index contributed by atoms with van der Waals surface area (Å²) >= 11 is 0. The van der Waals surface area contributed by atoms with E-state index < -0.39 is 12.4 Å². The Labute approximate surface area is 202 Å². The van der Waals surface area contributed by atoms with Crippen molar-refractivity contribution in [2.75, 3.05) is 19.6 Å². The maximum absolute atomic E-state index is 13.5. The molecule has 2 aliphatic heterocycles. The fourth-order valence-electron chi connectivity index (χ4n) is 6.62. The van der Waals surface area contributed by atoms with Crippen LogP contribution in [0.25, 0.3) is 0 Å². The highest BCUT2D eigenvalue weighted by molar-refractivity contribution is 6.46. The third-order valence-corrected chi connectivity index (χ3v) is 8.58. The Kier molecular flexibility index (Phi) is 6.80. The summed E-state index contributed by atoms with van der Waals surface area (Å²) in [6.45, 7) is 3.23. The lowest BCUT2D eigenvalue weighted by atomic mass is 9.46. The molecule has 1 aliphatic carbocycles. The van der Waals surface area contributed by atoms with Gasteiger partial charge in [-0.2, -0.15) is 0 Å². The molecular formula is C27H36BN3O3. The predicted octanol–water partition coefficient (Wildman–Crippen LogP) is 2.71. The van der Waals surface area contributed by atoms with Gasteiger partial charge in [0.05, 0.1) is 0 Å². The highest BCUT2D eigenvalue weighted by atomic mass is 16.4. The number of nitrogens with one attached hydrogen (secondary N) is 1. The smallest absolute Gasteiger partial charge is 0.426 e. The molecule has 5 rings (SSSR count). The fraction of sp³-hybridized carbons (Fsp3) is 0.519. The Morgan fingerprint density at radius 2 is 1.85 bits per heavy atom. The van der Waals surface area contributed by atoms with Crippen LogP contribution >= 0.6 is 0 Å². The van der Waals surface area contributed by atoms with Gasteiger partial charge in [0, 0.05) is 43.6 Å². The number of carbonyl (C=O) groups excluding carboxylic acids is 1. The SMILES string of the molecule is NCc1cccc(C2CCN(C(=O)c3ccc4c(c3)C(B(O)O)(C3CCCC3)CNC4)CC2)c1. The molecule has 0 spiro atoms. The van der Waals surface area contributed by atoms with Gasteiger partial charge in [0.2, 0.25) is 0 Å². The molecule has 6 nitrogen and oxygen atoms in total. The summed E-state index contributed by atoms with van der Waals surface area (Å²) in [4.78, 5) is 15.5. The van der Waals surface area contributed by atoms with E-state index in [9.17, 15) is 14.8 Å². The summed E-state index contributed by atoms with van der Waals surface area (Å²) in [6.07, 6.45) is 6.12. The number of benzene rings is 2. The summed E-state index contributed by atoms with van der Waals surface area (Å²) in [6, 6.07) is 14.4. The number of rotatable bonds is 5. The van der Waals surface area contributed by atoms with Crippen LogP contribution in [0.4, 0.5) is 0 Å². The average Bonchev–Trinajstić information content (AvgIpc) is 3.43. The average molecular weight is 461 g/mol. The third-order valence-electron chi connectivity index (χ3n) is 8.58. The van der Waals surface area contributed by atoms with E-state index in [1.807, 2.05) is 23.1 Å². The second-order valence-electron chi connectivity index (χ2n) is 10.4. The zero-order valence-electron chi connectivity index (χ0n) is 19.9. The van der Waals surface area contributed by atoms with Gasteiger partial charge in [-0.3, -0.25) is 4.79 Å². The first-order valence-corrected chi connectivity index (χ1v) is 12.8. The largest absolute Gasteiger partial charge is 0.464 e. The molecule has 0 aromatic heterocycles. The van der Waals surface area contributed by atoms with Gasteiger partial charge in [-0.1, -0.05) is 56.0 Å². The van der Waals surface area contributed by atoms with Crippen molar-refractivity contribution < 1.29 is 14.8 Å². The number of piperidine rings is 1. The van der Waals surface area contributed by atoms with Gasteiger partial charge in [-0.15, -0.1) is 0 Å². The van der Waals surface area contributed by atoms with Crippen molar-refractivity contribution in [1.82, 2.24) is 10.2 Å². The summed E-state index contributed by atoms with van der Waals surface area (Å²) in [5.41, 5.74) is 11.0. The number of hydrogen-bond donors (Lipinski definition) is 4. The van der Waals surface area contributed by atoms with Crippen LogP contribution in [-0.4, -0.2) is 47.6 Å². The second kappa shape index (κ2) is 9.82. The van der Waals surface area contributed by atoms with Crippen LogP contribution in [0.3, 0.4) is 0 Å². The Morgan fingerprint density at radius 1 is 1.09 bits per heavy atom. The van der Waals surface area contributed by atoms with Gasteiger partial charge < -0.3 is 26.0 Å². The molecule has 1 amide bonds. The topological polar surface area (TPSA) is 98.8 Å². The molecule has 180 valence electrons. The Hall–Kier alpha value is -2.19. The number of nitrogens with two attached hydrogens (primary N) is 1. The number of likely N-dealkylation sites (tertiary alicyclic amines) is 1. The van der Waals surface area contributed by atoms with Crippen LogP contribution in [0.1, 0.15) is 77.1 Å². The van der Waals surface area contributed by atoms with Crippen LogP contribution < -0.4 is 11.1 Å². The van der Waals surface area contributed by atoms with E-state index in [0.29, 0.717) is 31.1 Å². The normalized spacial score (nSPS) is 23.7. The zero-order valence-corrected chi connectivity index (χ0v) is 19.9. The summed E-state index contributed by atoms with van der Waals surface area (Å²) < 4.78 is 0. The number of fused-ring (bicyclic) bond motifs is 1. The van der Waals surface area contributed by atoms with Gasteiger partial charge in [0.25, 0.3) is 5.91 Å². The minimum absolute atomic E-state index is 0.0447. The van der Waals surface area contributed by atoms with E-state index in [4.69, 9.17) is 5.73 Å². The standard InChI is InChI=1S/C27H36BN3O3/c29-16-19-4-3-5-21(14-19)20-10-12-31(13-11-20)26(32)22-8-9-23-17-30-18-27(28(33)34,25(23)15-22)24-6-1-2-7-24/h3-5,8-9,14-15,20,24,30,33-34H,1-2,6-7,10-13,16-18,29H2. The quantitative estimate of drug-likeness (QED) is 0.514. The number of carbonyl (C=O) groups is 1. The van der Waals surface area contributed by atoms with Crippen LogP contribution in [0.5, 0.6) is 0 Å². The third kappa shape index (κ3) is 4.20. The monoisotopic (exact) mass is 461 g/mol. The summed E-state index contributed by atoms with van der Waals surface area (Å²) in [7, 11) is -1.45. The predicted molar refractivity (Wildman–Crippen MR) is 134 cm³/mol. The molecule has 0 bridgehead atoms. The number of amides is 1. The minimum atomic E-state index is -1.45. The van der Waals surface area contributed by atoms with Crippen LogP contribution in [0.15, 0.2) is 42.5 Å². The molecule has 34 heavy (non-hydrogen) atoms. The van der Waals surface area contributed by atoms with E-state index in [2.05, 4.69) is 29.6 Å². The highest BCUT2D eigenvalue weighted by Crippen LogP contribution is 2.46. The first-order chi connectivity index (χ1) is 16.5. The molecule has 1 saturated carbocycles. The van der Waals surface area contributed by atoms with Gasteiger partial charge in [0.15, 0.2) is 0 Å². The maximum Gasteiger partial charge on any atom is 0.464 e. The van der Waals surface area contributed by atoms with Crippen molar-refractivity contribution >= 4 is 13.0 Å². The molecule has 2 aromatic rings. The molecule has 1 saturated heterocycles. The summed E-state index contributed by atoms with van der Waals surface area (Å²) in [5.74, 6) is 0.706. The maximum atomic E-state index is 13.5. The van der Waals surface area contributed by atoms with Crippen molar-refractivity contribution in [2.45, 2.75) is 62.8 Å². The molecule has 7 heteroatoms. The van der Waals surface area contributed by atoms with Crippen molar-refractivity contribution in [3.8, 4) is 0 Å². The molecule has 2 fully saturated rings. The van der Waals surface area contributed by atoms with Gasteiger partial charge in [0.1, 0.15) is 0 Å². The number of hydrogen-bond acceptors (Lipinski definition) is 5. The lowest BCUT2D eigenvalue weighted by Crippen LogP contribution is -2.58. The van der Waals surface area contributed by atoms with Crippen molar-refractivity contribution in [1.29, 1.82) is 0 Å². The molecular weight excluding hydrogens is 425 g/mol. The first-order valence-electron chi connectivity index (χ1n) is 12.8. The second-order valence-corrected chi connectivity index (χ2v) is 10.4. The van der Waals surface area contributed by atoms with Crippen molar-refractivity contribution in [3.05, 3.63) is 70.3 Å². The van der Waals surface area contributed by atoms with Crippen molar-refractivity contribution in [3.63, 3.8) is 0 Å². The highest BCUT2D eigenvalue weighted by Gasteiger charge is 2.52. The Morgan fingerprint density at radius 3 is 2.56 bits per heavy atom. The van der Waals surface area contributed by atoms with Gasteiger partial charge >= 0.3 is 7.12 Å².